The number of hydrazone groups is 1. The SMILES string of the molecule is N#Cc1ccc(OCc2ccc(C=NNC(=O)COc3ccc4ccccc4c3)o2)cc1. The van der Waals surface area contributed by atoms with Crippen molar-refractivity contribution in [3.05, 3.63) is 95.9 Å². The van der Waals surface area contributed by atoms with Crippen molar-refractivity contribution in [2.45, 2.75) is 6.61 Å². The molecule has 0 aliphatic heterocycles. The van der Waals surface area contributed by atoms with Crippen LogP contribution < -0.4 is 14.9 Å². The van der Waals surface area contributed by atoms with Gasteiger partial charge in [0.2, 0.25) is 0 Å². The highest BCUT2D eigenvalue weighted by atomic mass is 16.5. The Kier molecular flexibility index (Phi) is 6.44. The number of ether oxygens (including phenoxy) is 2. The third-order valence-corrected chi connectivity index (χ3v) is 4.52. The van der Waals surface area contributed by atoms with E-state index in [2.05, 4.69) is 16.6 Å². The Hall–Kier alpha value is -4.57. The second-order valence-corrected chi connectivity index (χ2v) is 6.82. The van der Waals surface area contributed by atoms with Gasteiger partial charge in [0.1, 0.15) is 29.6 Å². The van der Waals surface area contributed by atoms with Crippen LogP contribution in [0.1, 0.15) is 17.1 Å². The average Bonchev–Trinajstić information content (AvgIpc) is 3.29. The van der Waals surface area contributed by atoms with Crippen molar-refractivity contribution in [2.75, 3.05) is 6.61 Å². The zero-order chi connectivity index (χ0) is 22.2. The van der Waals surface area contributed by atoms with Gasteiger partial charge in [0.05, 0.1) is 17.8 Å². The van der Waals surface area contributed by atoms with Crippen LogP contribution in [0, 0.1) is 11.3 Å². The number of furan rings is 1. The first kappa shape index (κ1) is 20.7. The van der Waals surface area contributed by atoms with E-state index >= 15 is 0 Å². The minimum Gasteiger partial charge on any atom is -0.486 e. The smallest absolute Gasteiger partial charge is 0.277 e. The molecule has 158 valence electrons. The summed E-state index contributed by atoms with van der Waals surface area (Å²) in [6.45, 7) is 0.0726. The van der Waals surface area contributed by atoms with Crippen LogP contribution in [0.15, 0.2) is 88.4 Å². The van der Waals surface area contributed by atoms with Crippen LogP contribution in [-0.2, 0) is 11.4 Å². The first-order chi connectivity index (χ1) is 15.7. The molecule has 0 saturated carbocycles. The summed E-state index contributed by atoms with van der Waals surface area (Å²) in [5, 5.41) is 14.8. The van der Waals surface area contributed by atoms with Crippen LogP contribution in [0.5, 0.6) is 11.5 Å². The molecule has 0 aliphatic carbocycles. The van der Waals surface area contributed by atoms with Crippen molar-refractivity contribution in [2.24, 2.45) is 5.10 Å². The van der Waals surface area contributed by atoms with Crippen molar-refractivity contribution >= 4 is 22.9 Å². The Labute approximate surface area is 184 Å². The second kappa shape index (κ2) is 9.96. The lowest BCUT2D eigenvalue weighted by molar-refractivity contribution is -0.123. The van der Waals surface area contributed by atoms with Crippen molar-refractivity contribution in [3.8, 4) is 17.6 Å². The van der Waals surface area contributed by atoms with Gasteiger partial charge in [-0.3, -0.25) is 4.79 Å². The van der Waals surface area contributed by atoms with Crippen molar-refractivity contribution in [3.63, 3.8) is 0 Å². The predicted octanol–water partition coefficient (Wildman–Crippen LogP) is 4.41. The molecule has 1 heterocycles. The lowest BCUT2D eigenvalue weighted by atomic mass is 10.1. The fourth-order valence-corrected chi connectivity index (χ4v) is 2.93. The largest absolute Gasteiger partial charge is 0.486 e. The van der Waals surface area contributed by atoms with Gasteiger partial charge in [0.25, 0.3) is 5.91 Å². The van der Waals surface area contributed by atoms with Crippen LogP contribution in [0.25, 0.3) is 10.8 Å². The molecule has 1 N–H and O–H groups in total. The Bertz CT molecular complexity index is 1290. The van der Waals surface area contributed by atoms with E-state index < -0.39 is 0 Å². The van der Waals surface area contributed by atoms with Crippen molar-refractivity contribution in [1.82, 2.24) is 5.43 Å². The first-order valence-electron chi connectivity index (χ1n) is 9.85. The summed E-state index contributed by atoms with van der Waals surface area (Å²) >= 11 is 0. The second-order valence-electron chi connectivity index (χ2n) is 6.82. The van der Waals surface area contributed by atoms with E-state index in [4.69, 9.17) is 19.2 Å². The lowest BCUT2D eigenvalue weighted by Crippen LogP contribution is -2.24. The van der Waals surface area contributed by atoms with Gasteiger partial charge in [0, 0.05) is 0 Å². The minimum absolute atomic E-state index is 0.155. The summed E-state index contributed by atoms with van der Waals surface area (Å²) in [6.07, 6.45) is 1.40. The number of hydrogen-bond donors (Lipinski definition) is 1. The summed E-state index contributed by atoms with van der Waals surface area (Å²) in [6, 6.07) is 25.9. The van der Waals surface area contributed by atoms with E-state index in [0.717, 1.165) is 10.8 Å². The normalized spacial score (nSPS) is 10.7. The molecule has 0 saturated heterocycles. The molecule has 0 bridgehead atoms. The molecule has 0 atom stereocenters. The number of rotatable bonds is 8. The number of nitrogens with one attached hydrogen (secondary N) is 1. The standard InChI is InChI=1S/C25H19N3O4/c26-14-18-5-8-21(9-6-18)30-16-24-12-11-23(32-24)15-27-28-25(29)17-31-22-10-7-19-3-1-2-4-20(19)13-22/h1-13,15H,16-17H2,(H,28,29). The molecule has 1 amide bonds. The zero-order valence-electron chi connectivity index (χ0n) is 17.0. The molecule has 7 nitrogen and oxygen atoms in total. The highest BCUT2D eigenvalue weighted by Crippen LogP contribution is 2.20. The zero-order valence-corrected chi connectivity index (χ0v) is 17.0. The quantitative estimate of drug-likeness (QED) is 0.333. The van der Waals surface area contributed by atoms with Gasteiger partial charge in [0.15, 0.2) is 6.61 Å². The molecule has 4 rings (SSSR count). The molecule has 0 radical (unpaired) electrons. The van der Waals surface area contributed by atoms with Gasteiger partial charge in [-0.2, -0.15) is 10.4 Å². The van der Waals surface area contributed by atoms with Crippen LogP contribution in [-0.4, -0.2) is 18.7 Å². The van der Waals surface area contributed by atoms with E-state index in [0.29, 0.717) is 28.6 Å². The first-order valence-corrected chi connectivity index (χ1v) is 9.85. The number of fused-ring (bicyclic) bond motifs is 1. The van der Waals surface area contributed by atoms with Crippen LogP contribution in [0.2, 0.25) is 0 Å². The molecule has 0 unspecified atom stereocenters. The van der Waals surface area contributed by atoms with Crippen molar-refractivity contribution < 1.29 is 18.7 Å². The Morgan fingerprint density at radius 3 is 2.56 bits per heavy atom. The monoisotopic (exact) mass is 425 g/mol. The number of hydrogen-bond acceptors (Lipinski definition) is 6. The van der Waals surface area contributed by atoms with E-state index in [1.54, 1.807) is 36.4 Å². The molecule has 7 heteroatoms. The van der Waals surface area contributed by atoms with Crippen LogP contribution in [0.3, 0.4) is 0 Å². The molecule has 32 heavy (non-hydrogen) atoms. The van der Waals surface area contributed by atoms with Gasteiger partial charge in [-0.05, 0) is 59.3 Å². The minimum atomic E-state index is -0.384. The number of carbonyl (C=O) groups excluding carboxylic acids is 1. The van der Waals surface area contributed by atoms with Crippen LogP contribution >= 0.6 is 0 Å². The van der Waals surface area contributed by atoms with E-state index in [-0.39, 0.29) is 19.1 Å². The van der Waals surface area contributed by atoms with Gasteiger partial charge in [-0.15, -0.1) is 0 Å². The number of benzene rings is 3. The maximum atomic E-state index is 12.0. The topological polar surface area (TPSA) is 96.8 Å². The molecule has 0 spiro atoms. The number of amides is 1. The Balaban J connectivity index is 1.22. The molecular weight excluding hydrogens is 406 g/mol. The van der Waals surface area contributed by atoms with E-state index in [9.17, 15) is 4.79 Å². The Morgan fingerprint density at radius 1 is 0.969 bits per heavy atom. The third kappa shape index (κ3) is 5.52. The maximum Gasteiger partial charge on any atom is 0.277 e. The number of nitrogens with zero attached hydrogens (tertiary/aromatic N) is 2. The maximum absolute atomic E-state index is 12.0. The van der Waals surface area contributed by atoms with Gasteiger partial charge >= 0.3 is 0 Å². The van der Waals surface area contributed by atoms with E-state index in [1.165, 1.54) is 6.21 Å². The average molecular weight is 425 g/mol. The fourth-order valence-electron chi connectivity index (χ4n) is 2.93. The molecular formula is C25H19N3O4. The molecule has 0 fully saturated rings. The summed E-state index contributed by atoms with van der Waals surface area (Å²) < 4.78 is 16.7. The van der Waals surface area contributed by atoms with Gasteiger partial charge in [-0.1, -0.05) is 30.3 Å². The van der Waals surface area contributed by atoms with Crippen molar-refractivity contribution in [1.29, 1.82) is 5.26 Å². The predicted molar refractivity (Wildman–Crippen MR) is 119 cm³/mol. The molecule has 0 aliphatic rings. The van der Waals surface area contributed by atoms with Crippen LogP contribution in [0.4, 0.5) is 0 Å². The summed E-state index contributed by atoms with van der Waals surface area (Å²) in [5.41, 5.74) is 2.97. The highest BCUT2D eigenvalue weighted by Gasteiger charge is 2.04. The summed E-state index contributed by atoms with van der Waals surface area (Å²) in [5.74, 6) is 1.93. The van der Waals surface area contributed by atoms with Gasteiger partial charge in [-0.25, -0.2) is 5.43 Å². The Morgan fingerprint density at radius 2 is 1.75 bits per heavy atom. The summed E-state index contributed by atoms with van der Waals surface area (Å²) in [4.78, 5) is 12.0. The molecule has 1 aromatic heterocycles. The third-order valence-electron chi connectivity index (χ3n) is 4.52. The summed E-state index contributed by atoms with van der Waals surface area (Å²) in [7, 11) is 0. The number of nitriles is 1. The van der Waals surface area contributed by atoms with Gasteiger partial charge < -0.3 is 13.9 Å². The molecule has 4 aromatic rings. The lowest BCUT2D eigenvalue weighted by Gasteiger charge is -2.06. The van der Waals surface area contributed by atoms with E-state index in [1.807, 2.05) is 42.5 Å². The fraction of sp³-hybridized carbons (Fsp3) is 0.0800. The molecule has 3 aromatic carbocycles. The highest BCUT2D eigenvalue weighted by molar-refractivity contribution is 5.84. The number of carbonyl (C=O) groups is 1.